The van der Waals surface area contributed by atoms with Gasteiger partial charge in [-0.1, -0.05) is 30.6 Å². The zero-order chi connectivity index (χ0) is 15.4. The third kappa shape index (κ3) is 4.04. The van der Waals surface area contributed by atoms with Crippen molar-refractivity contribution < 1.29 is 9.21 Å². The van der Waals surface area contributed by atoms with Gasteiger partial charge in [0.1, 0.15) is 10.8 Å². The first-order chi connectivity index (χ1) is 10.7. The first-order valence-electron chi connectivity index (χ1n) is 7.28. The number of carbonyl (C=O) groups excluding carboxylic acids is 1. The van der Waals surface area contributed by atoms with E-state index in [9.17, 15) is 4.79 Å². The van der Waals surface area contributed by atoms with Gasteiger partial charge in [0.05, 0.1) is 0 Å². The summed E-state index contributed by atoms with van der Waals surface area (Å²) in [5.74, 6) is 0.883. The summed E-state index contributed by atoms with van der Waals surface area (Å²) >= 11 is 4.69. The second-order valence-electron chi connectivity index (χ2n) is 5.24. The van der Waals surface area contributed by atoms with Crippen LogP contribution in [0.15, 0.2) is 27.3 Å². The maximum Gasteiger partial charge on any atom is 0.250 e. The summed E-state index contributed by atoms with van der Waals surface area (Å²) in [4.78, 5) is 11.9. The van der Waals surface area contributed by atoms with E-state index in [0.717, 1.165) is 5.01 Å². The highest BCUT2D eigenvalue weighted by Crippen LogP contribution is 2.35. The van der Waals surface area contributed by atoms with Crippen LogP contribution in [0.2, 0.25) is 0 Å². The molecule has 0 radical (unpaired) electrons. The largest absolute Gasteiger partial charge is 0.450 e. The number of amides is 1. The van der Waals surface area contributed by atoms with E-state index in [-0.39, 0.29) is 5.91 Å². The lowest BCUT2D eigenvalue weighted by molar-refractivity contribution is -0.111. The topological polar surface area (TPSA) is 68.0 Å². The number of rotatable bonds is 4. The van der Waals surface area contributed by atoms with Crippen LogP contribution in [0.4, 0.5) is 5.13 Å². The summed E-state index contributed by atoms with van der Waals surface area (Å²) < 4.78 is 5.93. The first-order valence-corrected chi connectivity index (χ1v) is 8.89. The third-order valence-corrected chi connectivity index (χ3v) is 5.05. The number of hydrogen-bond donors (Lipinski definition) is 1. The maximum atomic E-state index is 11.9. The molecule has 2 heterocycles. The normalized spacial score (nSPS) is 16.2. The number of anilines is 1. The minimum absolute atomic E-state index is 0.237. The van der Waals surface area contributed by atoms with Crippen molar-refractivity contribution in [1.82, 2.24) is 10.2 Å². The number of nitrogens with zero attached hydrogens (tertiary/aromatic N) is 2. The van der Waals surface area contributed by atoms with Gasteiger partial charge in [-0.05, 0) is 47.0 Å². The minimum atomic E-state index is -0.237. The summed E-state index contributed by atoms with van der Waals surface area (Å²) in [5, 5.41) is 12.6. The maximum absolute atomic E-state index is 11.9. The Labute approximate surface area is 140 Å². The number of aromatic nitrogens is 2. The van der Waals surface area contributed by atoms with Gasteiger partial charge in [-0.15, -0.1) is 10.2 Å². The zero-order valence-electron chi connectivity index (χ0n) is 11.9. The Kier molecular flexibility index (Phi) is 5.04. The standard InChI is InChI=1S/C15H16BrN3O2S/c16-12-8-6-11(21-12)7-9-13(20)17-15-19-18-14(22-15)10-4-2-1-3-5-10/h6-10H,1-5H2,(H,17,19,20)/b9-7+. The number of nitrogens with one attached hydrogen (secondary N) is 1. The summed E-state index contributed by atoms with van der Waals surface area (Å²) in [5.41, 5.74) is 0. The Bertz CT molecular complexity index is 674. The van der Waals surface area contributed by atoms with Gasteiger partial charge in [0.15, 0.2) is 4.67 Å². The van der Waals surface area contributed by atoms with Gasteiger partial charge in [-0.3, -0.25) is 10.1 Å². The average Bonchev–Trinajstić information content (AvgIpc) is 3.15. The van der Waals surface area contributed by atoms with E-state index in [0.29, 0.717) is 21.5 Å². The second kappa shape index (κ2) is 7.19. The van der Waals surface area contributed by atoms with Gasteiger partial charge in [0.25, 0.3) is 0 Å². The first kappa shape index (κ1) is 15.4. The Balaban J connectivity index is 1.57. The van der Waals surface area contributed by atoms with Crippen molar-refractivity contribution in [1.29, 1.82) is 0 Å². The van der Waals surface area contributed by atoms with Crippen LogP contribution in [0.25, 0.3) is 6.08 Å². The van der Waals surface area contributed by atoms with E-state index in [2.05, 4.69) is 31.4 Å². The van der Waals surface area contributed by atoms with Crippen molar-refractivity contribution in [3.63, 3.8) is 0 Å². The highest BCUT2D eigenvalue weighted by atomic mass is 79.9. The van der Waals surface area contributed by atoms with Crippen molar-refractivity contribution >= 4 is 44.4 Å². The highest BCUT2D eigenvalue weighted by molar-refractivity contribution is 9.10. The predicted molar refractivity (Wildman–Crippen MR) is 89.8 cm³/mol. The molecule has 0 bridgehead atoms. The molecular formula is C15H16BrN3O2S. The van der Waals surface area contributed by atoms with Crippen LogP contribution in [0.1, 0.15) is 48.8 Å². The lowest BCUT2D eigenvalue weighted by Crippen LogP contribution is -2.07. The molecule has 7 heteroatoms. The molecule has 22 heavy (non-hydrogen) atoms. The van der Waals surface area contributed by atoms with Gasteiger partial charge in [-0.2, -0.15) is 0 Å². The number of halogens is 1. The lowest BCUT2D eigenvalue weighted by atomic mass is 9.90. The van der Waals surface area contributed by atoms with Crippen molar-refractivity contribution in [2.45, 2.75) is 38.0 Å². The average molecular weight is 382 g/mol. The van der Waals surface area contributed by atoms with Crippen molar-refractivity contribution in [2.75, 3.05) is 5.32 Å². The molecule has 0 aromatic carbocycles. The van der Waals surface area contributed by atoms with Crippen LogP contribution in [-0.2, 0) is 4.79 Å². The van der Waals surface area contributed by atoms with Crippen LogP contribution < -0.4 is 5.32 Å². The molecule has 1 fully saturated rings. The molecule has 1 amide bonds. The third-order valence-electron chi connectivity index (χ3n) is 3.62. The molecule has 0 aliphatic heterocycles. The molecule has 0 atom stereocenters. The fourth-order valence-electron chi connectivity index (χ4n) is 2.52. The van der Waals surface area contributed by atoms with Gasteiger partial charge in [0.2, 0.25) is 11.0 Å². The summed E-state index contributed by atoms with van der Waals surface area (Å²) in [6.07, 6.45) is 9.22. The summed E-state index contributed by atoms with van der Waals surface area (Å²) in [6.45, 7) is 0. The second-order valence-corrected chi connectivity index (χ2v) is 7.04. The molecule has 2 aromatic heterocycles. The smallest absolute Gasteiger partial charge is 0.250 e. The molecule has 1 aliphatic carbocycles. The van der Waals surface area contributed by atoms with Crippen molar-refractivity contribution in [3.05, 3.63) is 33.6 Å². The molecule has 1 N–H and O–H groups in total. The minimum Gasteiger partial charge on any atom is -0.450 e. The van der Waals surface area contributed by atoms with E-state index in [4.69, 9.17) is 4.42 Å². The molecule has 116 valence electrons. The number of carbonyl (C=O) groups is 1. The van der Waals surface area contributed by atoms with Gasteiger partial charge < -0.3 is 4.42 Å². The Morgan fingerprint density at radius 2 is 2.14 bits per heavy atom. The molecule has 1 saturated carbocycles. The van der Waals surface area contributed by atoms with Crippen LogP contribution >= 0.6 is 27.3 Å². The molecule has 2 aromatic rings. The van der Waals surface area contributed by atoms with Crippen molar-refractivity contribution in [2.24, 2.45) is 0 Å². The molecular weight excluding hydrogens is 366 g/mol. The molecule has 0 spiro atoms. The van der Waals surface area contributed by atoms with E-state index in [1.165, 1.54) is 49.5 Å². The summed E-state index contributed by atoms with van der Waals surface area (Å²) in [6, 6.07) is 3.55. The molecule has 0 saturated heterocycles. The zero-order valence-corrected chi connectivity index (χ0v) is 14.3. The highest BCUT2D eigenvalue weighted by Gasteiger charge is 2.19. The SMILES string of the molecule is O=C(/C=C/c1ccc(Br)o1)Nc1nnc(C2CCCCC2)s1. The lowest BCUT2D eigenvalue weighted by Gasteiger charge is -2.18. The monoisotopic (exact) mass is 381 g/mol. The van der Waals surface area contributed by atoms with Crippen LogP contribution in [0, 0.1) is 0 Å². The van der Waals surface area contributed by atoms with E-state index in [1.54, 1.807) is 18.2 Å². The fourth-order valence-corrected chi connectivity index (χ4v) is 3.76. The quantitative estimate of drug-likeness (QED) is 0.786. The van der Waals surface area contributed by atoms with Gasteiger partial charge >= 0.3 is 0 Å². The fraction of sp³-hybridized carbons (Fsp3) is 0.400. The van der Waals surface area contributed by atoms with E-state index >= 15 is 0 Å². The number of furan rings is 1. The number of hydrogen-bond acceptors (Lipinski definition) is 5. The van der Waals surface area contributed by atoms with Gasteiger partial charge in [-0.25, -0.2) is 0 Å². The van der Waals surface area contributed by atoms with Crippen molar-refractivity contribution in [3.8, 4) is 0 Å². The van der Waals surface area contributed by atoms with Crippen LogP contribution in [0.5, 0.6) is 0 Å². The Hall–Kier alpha value is -1.47. The van der Waals surface area contributed by atoms with Crippen LogP contribution in [0.3, 0.4) is 0 Å². The summed E-state index contributed by atoms with van der Waals surface area (Å²) in [7, 11) is 0. The van der Waals surface area contributed by atoms with Crippen LogP contribution in [-0.4, -0.2) is 16.1 Å². The van der Waals surface area contributed by atoms with E-state index in [1.807, 2.05) is 0 Å². The molecule has 5 nitrogen and oxygen atoms in total. The van der Waals surface area contributed by atoms with Gasteiger partial charge in [0, 0.05) is 12.0 Å². The molecule has 1 aliphatic rings. The Morgan fingerprint density at radius 1 is 1.32 bits per heavy atom. The Morgan fingerprint density at radius 3 is 2.86 bits per heavy atom. The molecule has 3 rings (SSSR count). The predicted octanol–water partition coefficient (Wildman–Crippen LogP) is 4.59. The van der Waals surface area contributed by atoms with E-state index < -0.39 is 0 Å². The molecule has 0 unspecified atom stereocenters.